The predicted octanol–water partition coefficient (Wildman–Crippen LogP) is -0.108. The summed E-state index contributed by atoms with van der Waals surface area (Å²) in [6.07, 6.45) is 0. The molecule has 0 unspecified atom stereocenters. The largest absolute Gasteiger partial charge is 2.00 e. The van der Waals surface area contributed by atoms with E-state index in [2.05, 4.69) is 9.98 Å². The summed E-state index contributed by atoms with van der Waals surface area (Å²) in [4.78, 5) is 28.3. The topological polar surface area (TPSA) is 105 Å². The fourth-order valence-corrected chi connectivity index (χ4v) is 2.14. The number of benzene rings is 2. The molecule has 2 aromatic carbocycles. The Morgan fingerprint density at radius 1 is 0.609 bits per heavy atom. The number of fused-ring (bicyclic) bond motifs is 2. The van der Waals surface area contributed by atoms with Gasteiger partial charge in [-0.2, -0.15) is 0 Å². The standard InChI is InChI=1S/2C8H5NO2.Hg/c2*10-7-5-3-1-2-4-6(5)8(11)9-7;/h2*1-4H,(H,9,10,11);/q;;+2/p-2. The molecule has 0 saturated heterocycles. The third kappa shape index (κ3) is 3.21. The molecule has 2 aromatic rings. The van der Waals surface area contributed by atoms with Crippen molar-refractivity contribution in [3.8, 4) is 0 Å². The average Bonchev–Trinajstić information content (AvgIpc) is 2.99. The van der Waals surface area contributed by atoms with Crippen LogP contribution < -0.4 is 10.2 Å². The molecule has 0 fully saturated rings. The number of carbonyl (C=O) groups is 2. The summed E-state index contributed by atoms with van der Waals surface area (Å²) < 4.78 is 0. The van der Waals surface area contributed by atoms with Gasteiger partial charge in [-0.3, -0.25) is 9.59 Å². The van der Waals surface area contributed by atoms with Crippen LogP contribution >= 0.6 is 0 Å². The molecule has 0 spiro atoms. The number of rotatable bonds is 0. The van der Waals surface area contributed by atoms with Crippen LogP contribution in [-0.4, -0.2) is 23.6 Å². The Bertz CT molecular complexity index is 787. The minimum Gasteiger partial charge on any atom is -0.858 e. The number of amides is 2. The molecule has 23 heavy (non-hydrogen) atoms. The molecule has 0 atom stereocenters. The Balaban J connectivity index is 0.000000160. The third-order valence-corrected chi connectivity index (χ3v) is 3.18. The molecular weight excluding hydrogens is 485 g/mol. The van der Waals surface area contributed by atoms with Crippen LogP contribution in [0, 0.1) is 0 Å². The fourth-order valence-electron chi connectivity index (χ4n) is 2.14. The van der Waals surface area contributed by atoms with E-state index in [0.29, 0.717) is 22.3 Å². The molecule has 2 heterocycles. The number of nitrogens with zero attached hydrogens (tertiary/aromatic N) is 2. The molecule has 0 aromatic heterocycles. The number of carbonyl (C=O) groups excluding carboxylic acids is 2. The molecule has 4 rings (SSSR count). The second-order valence-electron chi connectivity index (χ2n) is 4.54. The van der Waals surface area contributed by atoms with Gasteiger partial charge >= 0.3 is 27.7 Å². The van der Waals surface area contributed by atoms with Crippen LogP contribution in [0.5, 0.6) is 0 Å². The van der Waals surface area contributed by atoms with Crippen molar-refractivity contribution in [2.75, 3.05) is 0 Å². The van der Waals surface area contributed by atoms with Gasteiger partial charge in [0.25, 0.3) is 11.8 Å². The maximum atomic E-state index is 10.9. The Hall–Kier alpha value is -2.34. The van der Waals surface area contributed by atoms with E-state index in [1.807, 2.05) is 0 Å². The summed E-state index contributed by atoms with van der Waals surface area (Å²) in [6, 6.07) is 13.3. The van der Waals surface area contributed by atoms with Crippen molar-refractivity contribution in [2.45, 2.75) is 0 Å². The van der Waals surface area contributed by atoms with Gasteiger partial charge in [-0.25, -0.2) is 9.98 Å². The maximum Gasteiger partial charge on any atom is 2.00 e. The van der Waals surface area contributed by atoms with Crippen LogP contribution in [-0.2, 0) is 27.7 Å². The molecule has 2 aliphatic heterocycles. The van der Waals surface area contributed by atoms with E-state index in [0.717, 1.165) is 0 Å². The molecule has 6 nitrogen and oxygen atoms in total. The monoisotopic (exact) mass is 494 g/mol. The van der Waals surface area contributed by atoms with Gasteiger partial charge in [-0.05, 0) is 35.1 Å². The molecule has 0 bridgehead atoms. The zero-order chi connectivity index (χ0) is 15.7. The Morgan fingerprint density at radius 2 is 0.913 bits per heavy atom. The number of hydrogen-bond donors (Lipinski definition) is 0. The summed E-state index contributed by atoms with van der Waals surface area (Å²) in [5, 5.41) is 21.8. The minimum atomic E-state index is -0.425. The number of hydrogen-bond acceptors (Lipinski definition) is 4. The molecular formula is C16H8HgN2O4. The van der Waals surface area contributed by atoms with Crippen molar-refractivity contribution >= 4 is 23.6 Å². The van der Waals surface area contributed by atoms with Crippen LogP contribution in [0.1, 0.15) is 31.8 Å². The Labute approximate surface area is 151 Å². The summed E-state index contributed by atoms with van der Waals surface area (Å²) in [5.41, 5.74) is 1.66. The smallest absolute Gasteiger partial charge is 0.858 e. The first-order valence-electron chi connectivity index (χ1n) is 6.37. The van der Waals surface area contributed by atoms with Gasteiger partial charge in [-0.1, -0.05) is 36.4 Å². The van der Waals surface area contributed by atoms with Gasteiger partial charge in [0, 0.05) is 11.1 Å². The van der Waals surface area contributed by atoms with Gasteiger partial charge in [0.15, 0.2) is 0 Å². The molecule has 7 heteroatoms. The predicted molar refractivity (Wildman–Crippen MR) is 74.6 cm³/mol. The Kier molecular flexibility index (Phi) is 5.05. The average molecular weight is 493 g/mol. The van der Waals surface area contributed by atoms with Gasteiger partial charge < -0.3 is 10.2 Å². The second-order valence-corrected chi connectivity index (χ2v) is 4.54. The van der Waals surface area contributed by atoms with E-state index < -0.39 is 23.6 Å². The van der Waals surface area contributed by atoms with Gasteiger partial charge in [0.05, 0.1) is 0 Å². The summed E-state index contributed by atoms with van der Waals surface area (Å²) in [5.74, 6) is -1.70. The van der Waals surface area contributed by atoms with Crippen molar-refractivity contribution in [1.29, 1.82) is 0 Å². The molecule has 2 aliphatic rings. The first-order valence-corrected chi connectivity index (χ1v) is 6.37. The van der Waals surface area contributed by atoms with Crippen molar-refractivity contribution in [2.24, 2.45) is 9.98 Å². The van der Waals surface area contributed by atoms with E-state index in [1.54, 1.807) is 48.5 Å². The molecule has 2 amide bonds. The number of aliphatic imine (C=N–C) groups is 2. The molecule has 0 saturated carbocycles. The van der Waals surface area contributed by atoms with Crippen LogP contribution in [0.4, 0.5) is 0 Å². The van der Waals surface area contributed by atoms with Crippen molar-refractivity contribution in [1.82, 2.24) is 0 Å². The van der Waals surface area contributed by atoms with E-state index in [1.165, 1.54) is 0 Å². The van der Waals surface area contributed by atoms with E-state index in [9.17, 15) is 19.8 Å². The normalized spacial score (nSPS) is 13.9. The quantitative estimate of drug-likeness (QED) is 0.479. The van der Waals surface area contributed by atoms with Crippen LogP contribution in [0.2, 0.25) is 0 Å². The molecule has 0 radical (unpaired) electrons. The zero-order valence-electron chi connectivity index (χ0n) is 11.9. The molecule has 108 valence electrons. The van der Waals surface area contributed by atoms with Gasteiger partial charge in [-0.15, -0.1) is 0 Å². The SMILES string of the molecule is O=C1N=C([O-])c2ccccc21.O=C1N=C([O-])c2ccccc21.[Hg+2]. The van der Waals surface area contributed by atoms with Gasteiger partial charge in [0.1, 0.15) is 0 Å². The first-order chi connectivity index (χ1) is 10.6. The summed E-state index contributed by atoms with van der Waals surface area (Å²) >= 11 is 0. The Morgan fingerprint density at radius 3 is 1.22 bits per heavy atom. The molecule has 0 N–H and O–H groups in total. The second kappa shape index (κ2) is 6.83. The fraction of sp³-hybridized carbons (Fsp3) is 0. The van der Waals surface area contributed by atoms with E-state index in [4.69, 9.17) is 0 Å². The maximum absolute atomic E-state index is 10.9. The minimum absolute atomic E-state index is 0. The third-order valence-electron chi connectivity index (χ3n) is 3.18. The van der Waals surface area contributed by atoms with Crippen LogP contribution in [0.3, 0.4) is 0 Å². The summed E-state index contributed by atoms with van der Waals surface area (Å²) in [6.45, 7) is 0. The van der Waals surface area contributed by atoms with Crippen LogP contribution in [0.25, 0.3) is 0 Å². The first kappa shape index (κ1) is 17.0. The summed E-state index contributed by atoms with van der Waals surface area (Å²) in [7, 11) is 0. The van der Waals surface area contributed by atoms with Gasteiger partial charge in [0.2, 0.25) is 0 Å². The van der Waals surface area contributed by atoms with E-state index in [-0.39, 0.29) is 27.7 Å². The molecule has 0 aliphatic carbocycles. The van der Waals surface area contributed by atoms with Crippen molar-refractivity contribution in [3.63, 3.8) is 0 Å². The van der Waals surface area contributed by atoms with Crippen molar-refractivity contribution < 1.29 is 47.5 Å². The van der Waals surface area contributed by atoms with Crippen molar-refractivity contribution in [3.05, 3.63) is 70.8 Å². The van der Waals surface area contributed by atoms with E-state index >= 15 is 0 Å². The van der Waals surface area contributed by atoms with Crippen LogP contribution in [0.15, 0.2) is 58.5 Å². The zero-order valence-corrected chi connectivity index (χ0v) is 17.4.